The summed E-state index contributed by atoms with van der Waals surface area (Å²) in [6.45, 7) is 3.35. The van der Waals surface area contributed by atoms with Crippen molar-refractivity contribution < 1.29 is 19.1 Å². The Morgan fingerprint density at radius 3 is 3.00 bits per heavy atom. The minimum absolute atomic E-state index is 0.0227. The highest BCUT2D eigenvalue weighted by molar-refractivity contribution is 6.35. The number of carbonyl (C=O) groups excluding carboxylic acids is 2. The fraction of sp³-hybridized carbons (Fsp3) is 0.438. The first kappa shape index (κ1) is 18.2. The average molecular weight is 354 g/mol. The Balaban J connectivity index is 1.85. The van der Waals surface area contributed by atoms with E-state index >= 15 is 0 Å². The second-order valence-electron chi connectivity index (χ2n) is 5.16. The van der Waals surface area contributed by atoms with Crippen LogP contribution in [0.3, 0.4) is 0 Å². The molecule has 2 rings (SSSR count). The minimum Gasteiger partial charge on any atom is -0.493 e. The van der Waals surface area contributed by atoms with Crippen LogP contribution >= 0.6 is 11.6 Å². The number of nitrogens with zero attached hydrogens (tertiary/aromatic N) is 1. The Kier molecular flexibility index (Phi) is 7.02. The van der Waals surface area contributed by atoms with Crippen molar-refractivity contribution >= 4 is 29.6 Å². The van der Waals surface area contributed by atoms with Gasteiger partial charge in [0.25, 0.3) is 0 Å². The predicted molar refractivity (Wildman–Crippen MR) is 90.3 cm³/mol. The number of amides is 2. The first-order chi connectivity index (χ1) is 11.6. The minimum atomic E-state index is -0.843. The third-order valence-electron chi connectivity index (χ3n) is 3.36. The van der Waals surface area contributed by atoms with Crippen LogP contribution in [0.4, 0.5) is 0 Å². The molecule has 2 amide bonds. The summed E-state index contributed by atoms with van der Waals surface area (Å²) in [6.07, 6.45) is 3.21. The van der Waals surface area contributed by atoms with E-state index < -0.39 is 11.8 Å². The first-order valence-corrected chi connectivity index (χ1v) is 8.13. The van der Waals surface area contributed by atoms with Crippen molar-refractivity contribution in [3.63, 3.8) is 0 Å². The van der Waals surface area contributed by atoms with Gasteiger partial charge in [-0.2, -0.15) is 5.10 Å². The van der Waals surface area contributed by atoms with Gasteiger partial charge in [0.1, 0.15) is 5.75 Å². The Morgan fingerprint density at radius 2 is 2.29 bits per heavy atom. The summed E-state index contributed by atoms with van der Waals surface area (Å²) in [5, 5.41) is 6.80. The average Bonchev–Trinajstić information content (AvgIpc) is 3.08. The van der Waals surface area contributed by atoms with Crippen molar-refractivity contribution in [1.29, 1.82) is 0 Å². The van der Waals surface area contributed by atoms with E-state index in [2.05, 4.69) is 15.8 Å². The highest BCUT2D eigenvalue weighted by Crippen LogP contribution is 2.21. The highest BCUT2D eigenvalue weighted by atomic mass is 35.5. The van der Waals surface area contributed by atoms with Gasteiger partial charge in [-0.05, 0) is 38.0 Å². The van der Waals surface area contributed by atoms with Gasteiger partial charge in [-0.1, -0.05) is 11.6 Å². The summed E-state index contributed by atoms with van der Waals surface area (Å²) >= 11 is 5.93. The molecule has 1 aromatic rings. The number of carbonyl (C=O) groups is 2. The van der Waals surface area contributed by atoms with Crippen LogP contribution in [0, 0.1) is 0 Å². The lowest BCUT2D eigenvalue weighted by Crippen LogP contribution is -2.41. The quantitative estimate of drug-likeness (QED) is 0.460. The number of benzene rings is 1. The van der Waals surface area contributed by atoms with Crippen molar-refractivity contribution in [2.75, 3.05) is 19.8 Å². The monoisotopic (exact) mass is 353 g/mol. The Hall–Kier alpha value is -2.12. The molecule has 8 heteroatoms. The molecule has 1 aromatic carbocycles. The summed E-state index contributed by atoms with van der Waals surface area (Å²) in [4.78, 5) is 23.3. The molecule has 0 radical (unpaired) electrons. The summed E-state index contributed by atoms with van der Waals surface area (Å²) in [7, 11) is 0. The molecule has 0 saturated carbocycles. The summed E-state index contributed by atoms with van der Waals surface area (Å²) < 4.78 is 10.8. The molecule has 0 spiro atoms. The van der Waals surface area contributed by atoms with Gasteiger partial charge in [0.15, 0.2) is 0 Å². The fourth-order valence-electron chi connectivity index (χ4n) is 2.21. The molecule has 1 saturated heterocycles. The molecule has 2 N–H and O–H groups in total. The SMILES string of the molecule is CCOc1ccc(Cl)cc1/C=N\NC(=O)C(=O)NC[C@H]1CCCO1. The number of nitrogens with one attached hydrogen (secondary N) is 2. The number of halogens is 1. The van der Waals surface area contributed by atoms with Crippen LogP contribution in [0.15, 0.2) is 23.3 Å². The third-order valence-corrected chi connectivity index (χ3v) is 3.60. The van der Waals surface area contributed by atoms with E-state index in [0.717, 1.165) is 12.8 Å². The van der Waals surface area contributed by atoms with Crippen LogP contribution in [-0.4, -0.2) is 43.9 Å². The molecule has 130 valence electrons. The van der Waals surface area contributed by atoms with E-state index in [4.69, 9.17) is 21.1 Å². The Bertz CT molecular complexity index is 615. The van der Waals surface area contributed by atoms with Crippen molar-refractivity contribution in [3.8, 4) is 5.75 Å². The second kappa shape index (κ2) is 9.24. The smallest absolute Gasteiger partial charge is 0.329 e. The molecule has 0 unspecified atom stereocenters. The lowest BCUT2D eigenvalue weighted by atomic mass is 10.2. The number of ether oxygens (including phenoxy) is 2. The molecular weight excluding hydrogens is 334 g/mol. The van der Waals surface area contributed by atoms with Gasteiger partial charge in [0.2, 0.25) is 0 Å². The van der Waals surface area contributed by atoms with Gasteiger partial charge in [-0.25, -0.2) is 5.43 Å². The van der Waals surface area contributed by atoms with Crippen molar-refractivity contribution in [2.24, 2.45) is 5.10 Å². The molecule has 0 aliphatic carbocycles. The van der Waals surface area contributed by atoms with Crippen molar-refractivity contribution in [2.45, 2.75) is 25.9 Å². The lowest BCUT2D eigenvalue weighted by Gasteiger charge is -2.09. The van der Waals surface area contributed by atoms with Gasteiger partial charge in [-0.15, -0.1) is 0 Å². The predicted octanol–water partition coefficient (Wildman–Crippen LogP) is 1.48. The van der Waals surface area contributed by atoms with E-state index in [-0.39, 0.29) is 6.10 Å². The third kappa shape index (κ3) is 5.50. The van der Waals surface area contributed by atoms with Crippen LogP contribution in [0.1, 0.15) is 25.3 Å². The van der Waals surface area contributed by atoms with Crippen LogP contribution in [-0.2, 0) is 14.3 Å². The number of hydrogen-bond donors (Lipinski definition) is 2. The van der Waals surface area contributed by atoms with Crippen molar-refractivity contribution in [1.82, 2.24) is 10.7 Å². The maximum absolute atomic E-state index is 11.7. The van der Waals surface area contributed by atoms with E-state index in [1.807, 2.05) is 6.92 Å². The van der Waals surface area contributed by atoms with E-state index in [9.17, 15) is 9.59 Å². The molecule has 0 bridgehead atoms. The number of hydrazone groups is 1. The first-order valence-electron chi connectivity index (χ1n) is 7.75. The molecule has 7 nitrogen and oxygen atoms in total. The van der Waals surface area contributed by atoms with Gasteiger partial charge in [0, 0.05) is 23.7 Å². The second-order valence-corrected chi connectivity index (χ2v) is 5.60. The number of hydrogen-bond acceptors (Lipinski definition) is 5. The van der Waals surface area contributed by atoms with Gasteiger partial charge < -0.3 is 14.8 Å². The summed E-state index contributed by atoms with van der Waals surface area (Å²) in [5.74, 6) is -1.01. The van der Waals surface area contributed by atoms with Crippen molar-refractivity contribution in [3.05, 3.63) is 28.8 Å². The molecule has 1 aliphatic heterocycles. The van der Waals surface area contributed by atoms with Crippen LogP contribution < -0.4 is 15.5 Å². The lowest BCUT2D eigenvalue weighted by molar-refractivity contribution is -0.139. The Morgan fingerprint density at radius 1 is 1.46 bits per heavy atom. The topological polar surface area (TPSA) is 89.0 Å². The summed E-state index contributed by atoms with van der Waals surface area (Å²) in [6, 6.07) is 5.06. The Labute approximate surface area is 145 Å². The molecule has 1 aliphatic rings. The highest BCUT2D eigenvalue weighted by Gasteiger charge is 2.18. The van der Waals surface area contributed by atoms with Gasteiger partial charge in [0.05, 0.1) is 18.9 Å². The number of rotatable bonds is 6. The normalized spacial score (nSPS) is 17.0. The maximum atomic E-state index is 11.7. The van der Waals surface area contributed by atoms with E-state index in [1.165, 1.54) is 6.21 Å². The maximum Gasteiger partial charge on any atom is 0.329 e. The van der Waals surface area contributed by atoms with Crippen LogP contribution in [0.25, 0.3) is 0 Å². The summed E-state index contributed by atoms with van der Waals surface area (Å²) in [5.41, 5.74) is 2.78. The standard InChI is InChI=1S/C16H20ClN3O4/c1-2-23-14-6-5-12(17)8-11(14)9-19-20-16(22)15(21)18-10-13-4-3-7-24-13/h5-6,8-9,13H,2-4,7,10H2,1H3,(H,18,21)(H,20,22)/b19-9-/t13-/m1/s1. The zero-order chi connectivity index (χ0) is 17.4. The zero-order valence-electron chi connectivity index (χ0n) is 13.4. The molecular formula is C16H20ClN3O4. The van der Waals surface area contributed by atoms with E-state index in [0.29, 0.717) is 36.1 Å². The van der Waals surface area contributed by atoms with Crippen LogP contribution in [0.5, 0.6) is 5.75 Å². The van der Waals surface area contributed by atoms with Gasteiger partial charge in [-0.3, -0.25) is 9.59 Å². The fourth-order valence-corrected chi connectivity index (χ4v) is 2.39. The zero-order valence-corrected chi connectivity index (χ0v) is 14.1. The molecule has 1 heterocycles. The molecule has 24 heavy (non-hydrogen) atoms. The van der Waals surface area contributed by atoms with Crippen LogP contribution in [0.2, 0.25) is 5.02 Å². The molecule has 1 fully saturated rings. The van der Waals surface area contributed by atoms with Gasteiger partial charge >= 0.3 is 11.8 Å². The van der Waals surface area contributed by atoms with E-state index in [1.54, 1.807) is 18.2 Å². The largest absolute Gasteiger partial charge is 0.493 e. The molecule has 1 atom stereocenters. The molecule has 0 aromatic heterocycles.